The van der Waals surface area contributed by atoms with Crippen LogP contribution in [-0.2, 0) is 17.0 Å². The molecule has 1 aromatic carbocycles. The largest absolute Gasteiger partial charge is 0.494 e. The molecule has 154 valence electrons. The van der Waals surface area contributed by atoms with Gasteiger partial charge in [0.25, 0.3) is 10.0 Å². The van der Waals surface area contributed by atoms with E-state index in [9.17, 15) is 8.42 Å². The van der Waals surface area contributed by atoms with Crippen molar-refractivity contribution in [2.45, 2.75) is 23.7 Å². The van der Waals surface area contributed by atoms with E-state index in [1.165, 1.54) is 30.4 Å². The van der Waals surface area contributed by atoms with Crippen molar-refractivity contribution in [2.24, 2.45) is 6.98 Å². The van der Waals surface area contributed by atoms with Crippen LogP contribution in [0.15, 0.2) is 53.9 Å². The Morgan fingerprint density at radius 2 is 2.10 bits per heavy atom. The van der Waals surface area contributed by atoms with E-state index in [-0.39, 0.29) is 21.8 Å². The molecule has 0 spiro atoms. The van der Waals surface area contributed by atoms with Crippen LogP contribution in [0.1, 0.15) is 28.4 Å². The van der Waals surface area contributed by atoms with Crippen LogP contribution in [0.5, 0.6) is 5.75 Å². The number of ether oxygens (including phenoxy) is 1. The predicted molar refractivity (Wildman–Crippen MR) is 111 cm³/mol. The van der Waals surface area contributed by atoms with E-state index in [0.29, 0.717) is 17.1 Å². The van der Waals surface area contributed by atoms with Gasteiger partial charge in [0.05, 0.1) is 31.2 Å². The third-order valence-corrected chi connectivity index (χ3v) is 6.38. The Balaban J connectivity index is 1.54. The number of aromatic nitrogens is 5. The minimum atomic E-state index is -4.14. The van der Waals surface area contributed by atoms with Crippen LogP contribution < -0.4 is 9.46 Å². The Morgan fingerprint density at radius 1 is 1.23 bits per heavy atom. The fraction of sp³-hybridized carbons (Fsp3) is 0.250. The minimum absolute atomic E-state index is 0.0229. The van der Waals surface area contributed by atoms with Gasteiger partial charge in [-0.15, -0.1) is 0 Å². The maximum absolute atomic E-state index is 13.2. The molecule has 3 aromatic heterocycles. The van der Waals surface area contributed by atoms with Crippen LogP contribution in [0.4, 0.5) is 5.69 Å². The van der Waals surface area contributed by atoms with Gasteiger partial charge >= 0.3 is 0 Å². The molecular formula is C20H20N6O3S. The summed E-state index contributed by atoms with van der Waals surface area (Å²) in [5, 5.41) is 8.52. The quantitative estimate of drug-likeness (QED) is 0.507. The highest BCUT2D eigenvalue weighted by Crippen LogP contribution is 2.40. The van der Waals surface area contributed by atoms with Gasteiger partial charge in [0.15, 0.2) is 5.82 Å². The van der Waals surface area contributed by atoms with E-state index in [1.54, 1.807) is 18.3 Å². The molecule has 0 atom stereocenters. The highest BCUT2D eigenvalue weighted by atomic mass is 32.2. The molecule has 0 bridgehead atoms. The first-order valence-corrected chi connectivity index (χ1v) is 10.7. The van der Waals surface area contributed by atoms with E-state index in [0.717, 1.165) is 23.1 Å². The number of nitrogens with one attached hydrogen (secondary N) is 1. The summed E-state index contributed by atoms with van der Waals surface area (Å²) < 4.78 is 59.6. The minimum Gasteiger partial charge on any atom is -0.494 e. The molecule has 0 radical (unpaired) electrons. The lowest BCUT2D eigenvalue weighted by molar-refractivity contribution is 0.417. The average Bonchev–Trinajstić information content (AvgIpc) is 3.31. The maximum atomic E-state index is 13.2. The number of hydrogen-bond donors (Lipinski definition) is 1. The van der Waals surface area contributed by atoms with Crippen LogP contribution in [0.3, 0.4) is 0 Å². The molecule has 30 heavy (non-hydrogen) atoms. The summed E-state index contributed by atoms with van der Waals surface area (Å²) >= 11 is 0. The SMILES string of the molecule is [2H]C([2H])([2H])n1ncc2ccc(OC)c(NS(=O)(=O)c3cnn(-c4cc(C5CC5)ccn4)c3)c21. The molecule has 0 aliphatic heterocycles. The topological polar surface area (TPSA) is 104 Å². The van der Waals surface area contributed by atoms with Gasteiger partial charge in [-0.05, 0) is 48.6 Å². The van der Waals surface area contributed by atoms with Crippen LogP contribution in [0.2, 0.25) is 0 Å². The number of fused-ring (bicyclic) bond motifs is 1. The highest BCUT2D eigenvalue weighted by Gasteiger charge is 2.25. The maximum Gasteiger partial charge on any atom is 0.265 e. The van der Waals surface area contributed by atoms with Crippen molar-refractivity contribution in [2.75, 3.05) is 11.8 Å². The number of pyridine rings is 1. The summed E-state index contributed by atoms with van der Waals surface area (Å²) in [6.07, 6.45) is 7.86. The monoisotopic (exact) mass is 427 g/mol. The lowest BCUT2D eigenvalue weighted by atomic mass is 10.2. The molecule has 4 aromatic rings. The van der Waals surface area contributed by atoms with Crippen molar-refractivity contribution in [1.82, 2.24) is 24.5 Å². The summed E-state index contributed by atoms with van der Waals surface area (Å²) in [6, 6.07) is 7.00. The standard InChI is InChI=1S/C20H20N6O3S/c1-25-20-15(10-22-25)5-6-17(29-2)19(20)24-30(27,28)16-11-23-26(12-16)18-9-14(7-8-21-18)13-3-4-13/h5-13,24H,3-4H2,1-2H3/i1D3. The third kappa shape index (κ3) is 3.18. The number of hydrogen-bond acceptors (Lipinski definition) is 6. The number of anilines is 1. The van der Waals surface area contributed by atoms with Gasteiger partial charge in [-0.25, -0.2) is 18.1 Å². The number of nitrogens with zero attached hydrogens (tertiary/aromatic N) is 5. The highest BCUT2D eigenvalue weighted by molar-refractivity contribution is 7.92. The smallest absolute Gasteiger partial charge is 0.265 e. The van der Waals surface area contributed by atoms with Crippen molar-refractivity contribution in [3.8, 4) is 11.6 Å². The van der Waals surface area contributed by atoms with Crippen molar-refractivity contribution in [3.05, 3.63) is 54.6 Å². The summed E-state index contributed by atoms with van der Waals surface area (Å²) in [4.78, 5) is 4.18. The van der Waals surface area contributed by atoms with E-state index < -0.39 is 17.0 Å². The zero-order chi connectivity index (χ0) is 23.4. The molecule has 1 aliphatic carbocycles. The van der Waals surface area contributed by atoms with Crippen LogP contribution >= 0.6 is 0 Å². The summed E-state index contributed by atoms with van der Waals surface area (Å²) in [5.74, 6) is 1.19. The van der Waals surface area contributed by atoms with Crippen LogP contribution in [0.25, 0.3) is 16.7 Å². The Bertz CT molecular complexity index is 1460. The molecule has 5 rings (SSSR count). The molecule has 1 N–H and O–H groups in total. The van der Waals surface area contributed by atoms with Gasteiger partial charge in [-0.3, -0.25) is 9.40 Å². The van der Waals surface area contributed by atoms with Gasteiger partial charge in [0, 0.05) is 22.7 Å². The van der Waals surface area contributed by atoms with Crippen molar-refractivity contribution >= 4 is 26.6 Å². The van der Waals surface area contributed by atoms with Crippen LogP contribution in [0, 0.1) is 0 Å². The number of sulfonamides is 1. The van der Waals surface area contributed by atoms with Crippen molar-refractivity contribution < 1.29 is 17.3 Å². The number of rotatable bonds is 6. The summed E-state index contributed by atoms with van der Waals surface area (Å²) in [7, 11) is -2.78. The lowest BCUT2D eigenvalue weighted by Gasteiger charge is -2.13. The third-order valence-electron chi connectivity index (χ3n) is 5.07. The predicted octanol–water partition coefficient (Wildman–Crippen LogP) is 2.84. The number of aryl methyl sites for hydroxylation is 1. The van der Waals surface area contributed by atoms with Gasteiger partial charge < -0.3 is 4.74 Å². The molecule has 3 heterocycles. The Morgan fingerprint density at radius 3 is 2.87 bits per heavy atom. The van der Waals surface area contributed by atoms with E-state index in [2.05, 4.69) is 19.9 Å². The average molecular weight is 428 g/mol. The second-order valence-electron chi connectivity index (χ2n) is 7.08. The first-order chi connectivity index (χ1) is 15.7. The Kier molecular flexibility index (Phi) is 3.52. The van der Waals surface area contributed by atoms with Gasteiger partial charge in [0.2, 0.25) is 0 Å². The van der Waals surface area contributed by atoms with Crippen molar-refractivity contribution in [1.29, 1.82) is 0 Å². The fourth-order valence-corrected chi connectivity index (χ4v) is 4.37. The lowest BCUT2D eigenvalue weighted by Crippen LogP contribution is -2.14. The molecule has 1 fully saturated rings. The number of benzene rings is 1. The second kappa shape index (κ2) is 6.84. The fourth-order valence-electron chi connectivity index (χ4n) is 3.36. The number of methoxy groups -OCH3 is 1. The Hall–Kier alpha value is -3.40. The first kappa shape index (κ1) is 15.4. The molecular weight excluding hydrogens is 404 g/mol. The zero-order valence-electron chi connectivity index (χ0n) is 19.0. The van der Waals surface area contributed by atoms with Gasteiger partial charge in [0.1, 0.15) is 16.3 Å². The Labute approximate surface area is 177 Å². The van der Waals surface area contributed by atoms with Gasteiger partial charge in [-0.1, -0.05) is 0 Å². The first-order valence-electron chi connectivity index (χ1n) is 10.8. The van der Waals surface area contributed by atoms with E-state index in [4.69, 9.17) is 8.85 Å². The normalized spacial score (nSPS) is 16.1. The molecule has 9 nitrogen and oxygen atoms in total. The van der Waals surface area contributed by atoms with Crippen LogP contribution in [-0.4, -0.2) is 40.1 Å². The van der Waals surface area contributed by atoms with Crippen molar-refractivity contribution in [3.63, 3.8) is 0 Å². The molecule has 0 amide bonds. The molecule has 1 aliphatic rings. The van der Waals surface area contributed by atoms with Gasteiger partial charge in [-0.2, -0.15) is 10.2 Å². The van der Waals surface area contributed by atoms with E-state index in [1.807, 2.05) is 12.1 Å². The molecule has 1 saturated carbocycles. The summed E-state index contributed by atoms with van der Waals surface area (Å²) in [6.45, 7) is -2.61. The molecule has 0 saturated heterocycles. The second-order valence-corrected chi connectivity index (χ2v) is 8.77. The molecule has 10 heteroatoms. The summed E-state index contributed by atoms with van der Waals surface area (Å²) in [5.41, 5.74) is 1.21. The van der Waals surface area contributed by atoms with E-state index >= 15 is 0 Å². The molecule has 0 unspecified atom stereocenters. The zero-order valence-corrected chi connectivity index (χ0v) is 16.8.